The van der Waals surface area contributed by atoms with Crippen molar-refractivity contribution in [2.45, 2.75) is 18.3 Å². The molecule has 1 aromatic carbocycles. The number of carbonyl (C=O) groups excluding carboxylic acids is 2. The molecule has 2 heterocycles. The van der Waals surface area contributed by atoms with E-state index in [4.69, 9.17) is 33.2 Å². The van der Waals surface area contributed by atoms with Crippen molar-refractivity contribution >= 4 is 35.2 Å². The van der Waals surface area contributed by atoms with Gasteiger partial charge in [0.2, 0.25) is 0 Å². The lowest BCUT2D eigenvalue weighted by molar-refractivity contribution is -0.141. The zero-order valence-electron chi connectivity index (χ0n) is 14.8. The number of nitriles is 1. The number of carbonyl (C=O) groups is 2. The van der Waals surface area contributed by atoms with Gasteiger partial charge in [0.05, 0.1) is 28.2 Å². The summed E-state index contributed by atoms with van der Waals surface area (Å²) in [5.74, 6) is -0.699. The van der Waals surface area contributed by atoms with Crippen molar-refractivity contribution < 1.29 is 27.5 Å². The van der Waals surface area contributed by atoms with E-state index in [1.165, 1.54) is 18.2 Å². The largest absolute Gasteiger partial charge is 0.434 e. The number of alkyl carbamates (subject to hydrolysis) is 1. The Morgan fingerprint density at radius 2 is 2.00 bits per heavy atom. The molecule has 7 nitrogen and oxygen atoms in total. The number of aromatic nitrogens is 1. The Morgan fingerprint density at radius 1 is 1.30 bits per heavy atom. The van der Waals surface area contributed by atoms with E-state index >= 15 is 0 Å². The van der Waals surface area contributed by atoms with Gasteiger partial charge in [-0.2, -0.15) is 18.4 Å². The van der Waals surface area contributed by atoms with E-state index in [0.717, 1.165) is 12.3 Å². The summed E-state index contributed by atoms with van der Waals surface area (Å²) >= 11 is 11.8. The van der Waals surface area contributed by atoms with Crippen molar-refractivity contribution in [1.29, 1.82) is 5.26 Å². The van der Waals surface area contributed by atoms with Gasteiger partial charge in [0, 0.05) is 6.20 Å². The molecule has 1 aliphatic rings. The first-order chi connectivity index (χ1) is 14.1. The molecular weight excluding hydrogens is 448 g/mol. The summed E-state index contributed by atoms with van der Waals surface area (Å²) in [4.78, 5) is 27.1. The highest BCUT2D eigenvalue weighted by Crippen LogP contribution is 2.35. The Balaban J connectivity index is 2.00. The van der Waals surface area contributed by atoms with Gasteiger partial charge in [-0.15, -0.1) is 0 Å². The molecule has 0 bridgehead atoms. The van der Waals surface area contributed by atoms with Crippen LogP contribution in [0.4, 0.5) is 18.0 Å². The van der Waals surface area contributed by atoms with Crippen LogP contribution in [0.25, 0.3) is 0 Å². The summed E-state index contributed by atoms with van der Waals surface area (Å²) in [6, 6.07) is 6.12. The maximum absolute atomic E-state index is 13.0. The maximum atomic E-state index is 13.0. The number of halogens is 5. The predicted octanol–water partition coefficient (Wildman–Crippen LogP) is 3.59. The van der Waals surface area contributed by atoms with E-state index < -0.39 is 41.0 Å². The Bertz CT molecular complexity index is 1060. The molecule has 0 radical (unpaired) electrons. The number of rotatable bonds is 4. The molecule has 1 saturated heterocycles. The van der Waals surface area contributed by atoms with Gasteiger partial charge in [0.1, 0.15) is 6.07 Å². The number of alkyl halides is 3. The minimum Gasteiger partial charge on any atom is -0.434 e. The van der Waals surface area contributed by atoms with Crippen LogP contribution in [0.5, 0.6) is 0 Å². The number of hydrogen-bond acceptors (Lipinski definition) is 5. The molecule has 2 aromatic rings. The molecule has 2 amide bonds. The first-order valence-corrected chi connectivity index (χ1v) is 9.02. The number of amides is 2. The van der Waals surface area contributed by atoms with Crippen molar-refractivity contribution in [3.8, 4) is 6.07 Å². The average Bonchev–Trinajstić information content (AvgIpc) is 3.11. The minimum atomic E-state index is -4.75. The zero-order chi connectivity index (χ0) is 22.1. The number of pyridine rings is 1. The van der Waals surface area contributed by atoms with Crippen LogP contribution in [-0.4, -0.2) is 29.6 Å². The number of ether oxygens (including phenoxy) is 1. The Kier molecular flexibility index (Phi) is 6.05. The normalized spacial score (nSPS) is 16.9. The predicted molar refractivity (Wildman–Crippen MR) is 98.7 cm³/mol. The molecule has 12 heteroatoms. The molecule has 0 unspecified atom stereocenters. The lowest BCUT2D eigenvalue weighted by atomic mass is 9.98. The Labute approximate surface area is 177 Å². The molecule has 0 aliphatic carbocycles. The van der Waals surface area contributed by atoms with Gasteiger partial charge in [-0.05, 0) is 29.3 Å². The summed E-state index contributed by atoms with van der Waals surface area (Å²) in [5.41, 5.74) is -0.630. The quantitative estimate of drug-likeness (QED) is 0.728. The van der Waals surface area contributed by atoms with Crippen LogP contribution < -0.4 is 10.6 Å². The summed E-state index contributed by atoms with van der Waals surface area (Å²) in [7, 11) is 0. The van der Waals surface area contributed by atoms with Crippen LogP contribution in [0.1, 0.15) is 28.4 Å². The third-order valence-corrected chi connectivity index (χ3v) is 4.77. The average molecular weight is 459 g/mol. The van der Waals surface area contributed by atoms with Gasteiger partial charge >= 0.3 is 12.3 Å². The number of cyclic esters (lactones) is 1. The number of nitrogens with one attached hydrogen (secondary N) is 2. The van der Waals surface area contributed by atoms with Crippen LogP contribution in [0.3, 0.4) is 0 Å². The minimum absolute atomic E-state index is 0.0719. The highest BCUT2D eigenvalue weighted by atomic mass is 35.5. The van der Waals surface area contributed by atoms with Gasteiger partial charge in [-0.25, -0.2) is 9.78 Å². The smallest absolute Gasteiger partial charge is 0.434 e. The van der Waals surface area contributed by atoms with Crippen molar-refractivity contribution in [2.24, 2.45) is 0 Å². The van der Waals surface area contributed by atoms with Gasteiger partial charge in [-0.1, -0.05) is 29.3 Å². The van der Waals surface area contributed by atoms with E-state index in [1.807, 2.05) is 6.07 Å². The fourth-order valence-electron chi connectivity index (χ4n) is 2.75. The van der Waals surface area contributed by atoms with Gasteiger partial charge in [0.15, 0.2) is 11.8 Å². The first-order valence-electron chi connectivity index (χ1n) is 8.27. The molecule has 1 fully saturated rings. The molecule has 156 valence electrons. The number of nitrogens with zero attached hydrogens (tertiary/aromatic N) is 2. The SMILES string of the molecule is N#Cc1ccc([C@H](NC(=O)[C@@H]2CNC(=O)O2)c2cnc(C(F)(F)F)c(Cl)c2)cc1Cl. The topological polar surface area (TPSA) is 104 Å². The number of benzene rings is 1. The second-order valence-corrected chi connectivity index (χ2v) is 6.98. The number of hydrogen-bond donors (Lipinski definition) is 2. The summed E-state index contributed by atoms with van der Waals surface area (Å²) in [6.07, 6.45) is -5.74. The third-order valence-electron chi connectivity index (χ3n) is 4.17. The molecular formula is C18H11Cl2F3N4O3. The highest BCUT2D eigenvalue weighted by molar-refractivity contribution is 6.32. The summed E-state index contributed by atoms with van der Waals surface area (Å²) in [6.45, 7) is -0.0719. The standard InChI is InChI=1S/C18H11Cl2F3N4O3/c19-11-3-8(1-2-9(11)5-24)14(27-16(28)13-7-26-17(29)30-13)10-4-12(20)15(25-6-10)18(21,22)23/h1-4,6,13-14H,7H2,(H,26,29)(H,27,28)/t13-,14-/m0/s1. The Morgan fingerprint density at radius 3 is 2.53 bits per heavy atom. The van der Waals surface area contributed by atoms with E-state index in [2.05, 4.69) is 15.6 Å². The molecule has 1 aromatic heterocycles. The highest BCUT2D eigenvalue weighted by Gasteiger charge is 2.36. The van der Waals surface area contributed by atoms with Crippen molar-refractivity contribution in [3.05, 3.63) is 62.9 Å². The lowest BCUT2D eigenvalue weighted by Crippen LogP contribution is -2.39. The van der Waals surface area contributed by atoms with Crippen molar-refractivity contribution in [2.75, 3.05) is 6.54 Å². The molecule has 0 spiro atoms. The monoisotopic (exact) mass is 458 g/mol. The molecule has 3 rings (SSSR count). The van der Waals surface area contributed by atoms with Crippen LogP contribution in [0.2, 0.25) is 10.0 Å². The van der Waals surface area contributed by atoms with Crippen LogP contribution in [0, 0.1) is 11.3 Å². The maximum Gasteiger partial charge on any atom is 0.434 e. The second-order valence-electron chi connectivity index (χ2n) is 6.16. The van der Waals surface area contributed by atoms with Gasteiger partial charge < -0.3 is 15.4 Å². The second kappa shape index (κ2) is 8.38. The zero-order valence-corrected chi connectivity index (χ0v) is 16.3. The molecule has 30 heavy (non-hydrogen) atoms. The van der Waals surface area contributed by atoms with E-state index in [1.54, 1.807) is 0 Å². The van der Waals surface area contributed by atoms with E-state index in [9.17, 15) is 22.8 Å². The summed E-state index contributed by atoms with van der Waals surface area (Å²) < 4.78 is 43.7. The molecule has 2 N–H and O–H groups in total. The van der Waals surface area contributed by atoms with E-state index in [-0.39, 0.29) is 22.7 Å². The van der Waals surface area contributed by atoms with Crippen molar-refractivity contribution in [3.63, 3.8) is 0 Å². The van der Waals surface area contributed by atoms with E-state index in [0.29, 0.717) is 5.56 Å². The van der Waals surface area contributed by atoms with Gasteiger partial charge in [0.25, 0.3) is 5.91 Å². The fraction of sp³-hybridized carbons (Fsp3) is 0.222. The summed E-state index contributed by atoms with van der Waals surface area (Å²) in [5, 5.41) is 13.4. The fourth-order valence-corrected chi connectivity index (χ4v) is 3.26. The lowest BCUT2D eigenvalue weighted by Gasteiger charge is -2.22. The van der Waals surface area contributed by atoms with Crippen LogP contribution >= 0.6 is 23.2 Å². The third kappa shape index (κ3) is 4.58. The molecule has 0 saturated carbocycles. The first kappa shape index (κ1) is 21.7. The van der Waals surface area contributed by atoms with Crippen molar-refractivity contribution in [1.82, 2.24) is 15.6 Å². The molecule has 2 atom stereocenters. The Hall–Kier alpha value is -3.03. The van der Waals surface area contributed by atoms with Gasteiger partial charge in [-0.3, -0.25) is 4.79 Å². The van der Waals surface area contributed by atoms with Crippen LogP contribution in [-0.2, 0) is 15.7 Å². The van der Waals surface area contributed by atoms with Crippen LogP contribution in [0.15, 0.2) is 30.5 Å². The molecule has 1 aliphatic heterocycles.